The molecule has 0 aromatic carbocycles. The molecule has 0 aromatic rings. The van der Waals surface area contributed by atoms with Gasteiger partial charge < -0.3 is 11.0 Å². The number of hydrogen-bond donors (Lipinski definition) is 0. The average molecular weight is 298 g/mol. The van der Waals surface area contributed by atoms with E-state index in [0.717, 1.165) is 0 Å². The Hall–Kier alpha value is 2.41. The summed E-state index contributed by atoms with van der Waals surface area (Å²) < 4.78 is 0. The molecule has 0 heterocycles. The van der Waals surface area contributed by atoms with Gasteiger partial charge in [-0.05, 0) is 0 Å². The van der Waals surface area contributed by atoms with Crippen LogP contribution in [0, 0.1) is 0 Å². The first-order chi connectivity index (χ1) is 0. The summed E-state index contributed by atoms with van der Waals surface area (Å²) in [5, 5.41) is 0. The van der Waals surface area contributed by atoms with Gasteiger partial charge in [0, 0.05) is 77.9 Å². The Kier molecular flexibility index (Phi) is 693. The summed E-state index contributed by atoms with van der Waals surface area (Å²) >= 11 is 0. The van der Waals surface area contributed by atoms with E-state index in [-0.39, 0.29) is 88.9 Å². The van der Waals surface area contributed by atoms with Crippen molar-refractivity contribution in [2.45, 2.75) is 0 Å². The summed E-state index contributed by atoms with van der Waals surface area (Å²) in [4.78, 5) is 0. The van der Waals surface area contributed by atoms with Gasteiger partial charge in [0.2, 0.25) is 0 Å². The van der Waals surface area contributed by atoms with Gasteiger partial charge >= 0.3 is 0 Å². The number of rotatable bonds is 0. The van der Waals surface area contributed by atoms with Gasteiger partial charge in [-0.25, -0.2) is 0 Å². The maximum absolute atomic E-state index is 0. The first-order valence-electron chi connectivity index (χ1n) is 0. The van der Waals surface area contributed by atoms with Crippen molar-refractivity contribution in [2.24, 2.45) is 0 Å². The fourth-order valence-electron chi connectivity index (χ4n) is 0. The van der Waals surface area contributed by atoms with Crippen molar-refractivity contribution in [1.29, 1.82) is 0 Å². The first-order valence-corrected chi connectivity index (χ1v) is 0. The van der Waals surface area contributed by atoms with Gasteiger partial charge in [-0.3, -0.25) is 0 Å². The summed E-state index contributed by atoms with van der Waals surface area (Å²) in [7, 11) is 0. The van der Waals surface area contributed by atoms with Crippen LogP contribution < -0.4 is 0 Å². The Morgan fingerprint density at radius 3 is 0.333 bits per heavy atom. The Bertz CT molecular complexity index is 5.51. The molecule has 0 aliphatic rings. The molecule has 4 N–H and O–H groups in total. The minimum Gasteiger partial charge on any atom is -0.412 e. The third kappa shape index (κ3) is 32.3. The standard InChI is InChI=1S/2H2O.4Zn/h2*1H2;;;;. The molecule has 2 nitrogen and oxygen atoms in total. The first kappa shape index (κ1) is 79.4. The Morgan fingerprint density at radius 2 is 0.333 bits per heavy atom. The van der Waals surface area contributed by atoms with Crippen molar-refractivity contribution in [2.75, 3.05) is 0 Å². The van der Waals surface area contributed by atoms with Crippen molar-refractivity contribution in [3.8, 4) is 0 Å². The second-order valence-corrected chi connectivity index (χ2v) is 0. The van der Waals surface area contributed by atoms with Crippen LogP contribution in [0.15, 0.2) is 0 Å². The molecule has 0 saturated heterocycles. The number of hydrogen-bond acceptors (Lipinski definition) is 0. The maximum Gasteiger partial charge on any atom is 0 e. The molecule has 0 atom stereocenters. The van der Waals surface area contributed by atoms with Gasteiger partial charge in [0.15, 0.2) is 0 Å². The molecular weight excluding hydrogens is 294 g/mol. The van der Waals surface area contributed by atoms with E-state index in [1.54, 1.807) is 0 Å². The zero-order chi connectivity index (χ0) is 0. The fraction of sp³-hybridized carbons (Fsp3) is 0. The zero-order valence-corrected chi connectivity index (χ0v) is 15.7. The molecule has 0 bridgehead atoms. The zero-order valence-electron chi connectivity index (χ0n) is 3.83. The second-order valence-electron chi connectivity index (χ2n) is 0. The minimum absolute atomic E-state index is 0. The predicted molar refractivity (Wildman–Crippen MR) is 7.23 cm³/mol. The molecule has 0 rings (SSSR count). The van der Waals surface area contributed by atoms with Crippen LogP contribution in [0.25, 0.3) is 0 Å². The smallest absolute Gasteiger partial charge is 0 e. The van der Waals surface area contributed by atoms with E-state index in [4.69, 9.17) is 0 Å². The van der Waals surface area contributed by atoms with Crippen LogP contribution in [0.5, 0.6) is 0 Å². The van der Waals surface area contributed by atoms with Gasteiger partial charge in [-0.2, -0.15) is 0 Å². The normalized spacial score (nSPS) is 0. The van der Waals surface area contributed by atoms with Crippen molar-refractivity contribution in [1.82, 2.24) is 0 Å². The molecule has 0 aliphatic heterocycles. The summed E-state index contributed by atoms with van der Waals surface area (Å²) in [6, 6.07) is 0. The molecule has 0 fully saturated rings. The molecule has 0 unspecified atom stereocenters. The van der Waals surface area contributed by atoms with Crippen LogP contribution in [0.3, 0.4) is 0 Å². The van der Waals surface area contributed by atoms with Crippen LogP contribution >= 0.6 is 0 Å². The van der Waals surface area contributed by atoms with Gasteiger partial charge in [-0.15, -0.1) is 0 Å². The molecule has 6 heteroatoms. The van der Waals surface area contributed by atoms with E-state index in [1.807, 2.05) is 0 Å². The van der Waals surface area contributed by atoms with Crippen molar-refractivity contribution < 1.29 is 88.9 Å². The van der Waals surface area contributed by atoms with Crippen molar-refractivity contribution in [3.05, 3.63) is 0 Å². The summed E-state index contributed by atoms with van der Waals surface area (Å²) in [6.07, 6.45) is 0. The predicted octanol–water partition coefficient (Wildman–Crippen LogP) is -1.66. The maximum atomic E-state index is 0. The monoisotopic (exact) mass is 292 g/mol. The molecule has 24 valence electrons. The topological polar surface area (TPSA) is 63.0 Å². The van der Waals surface area contributed by atoms with Crippen LogP contribution in [-0.4, -0.2) is 11.0 Å². The molecule has 0 spiro atoms. The van der Waals surface area contributed by atoms with Crippen LogP contribution in [0.1, 0.15) is 0 Å². The van der Waals surface area contributed by atoms with Crippen LogP contribution in [0.2, 0.25) is 0 Å². The molecule has 6 heavy (non-hydrogen) atoms. The summed E-state index contributed by atoms with van der Waals surface area (Å²) in [6.45, 7) is 0. The van der Waals surface area contributed by atoms with E-state index < -0.39 is 0 Å². The van der Waals surface area contributed by atoms with E-state index in [0.29, 0.717) is 0 Å². The fourth-order valence-corrected chi connectivity index (χ4v) is 0. The van der Waals surface area contributed by atoms with Crippen LogP contribution in [0.4, 0.5) is 0 Å². The van der Waals surface area contributed by atoms with E-state index in [1.165, 1.54) is 0 Å². The third-order valence-corrected chi connectivity index (χ3v) is 0. The van der Waals surface area contributed by atoms with Gasteiger partial charge in [0.25, 0.3) is 0 Å². The molecule has 0 aliphatic carbocycles. The average Bonchev–Trinajstić information content (AvgIpc) is 0. The van der Waals surface area contributed by atoms with Crippen LogP contribution in [-0.2, 0) is 77.9 Å². The Balaban J connectivity index is 0. The minimum atomic E-state index is 0. The van der Waals surface area contributed by atoms with Gasteiger partial charge in [0.05, 0.1) is 0 Å². The van der Waals surface area contributed by atoms with Gasteiger partial charge in [0.1, 0.15) is 0 Å². The quantitative estimate of drug-likeness (QED) is 0.481. The van der Waals surface area contributed by atoms with Crippen molar-refractivity contribution in [3.63, 3.8) is 0 Å². The molecule has 0 saturated carbocycles. The molecular formula is H4O2Zn4. The Morgan fingerprint density at radius 1 is 0.333 bits per heavy atom. The third-order valence-electron chi connectivity index (χ3n) is 0. The summed E-state index contributed by atoms with van der Waals surface area (Å²) in [5.41, 5.74) is 0. The molecule has 0 radical (unpaired) electrons. The van der Waals surface area contributed by atoms with Crippen molar-refractivity contribution >= 4 is 0 Å². The largest absolute Gasteiger partial charge is 0.412 e. The second kappa shape index (κ2) is 52.4. The summed E-state index contributed by atoms with van der Waals surface area (Å²) in [5.74, 6) is 0. The van der Waals surface area contributed by atoms with E-state index >= 15 is 0 Å². The molecule has 0 aromatic heterocycles. The van der Waals surface area contributed by atoms with E-state index in [9.17, 15) is 0 Å². The van der Waals surface area contributed by atoms with E-state index in [2.05, 4.69) is 0 Å². The Labute approximate surface area is 87.9 Å². The van der Waals surface area contributed by atoms with Gasteiger partial charge in [-0.1, -0.05) is 0 Å². The molecule has 0 amide bonds. The SMILES string of the molecule is O.O.[Zn].[Zn].[Zn].[Zn].